The Kier molecular flexibility index (Phi) is 6.25. The fraction of sp³-hybridized carbons (Fsp3) is 0.625. The van der Waals surface area contributed by atoms with Crippen molar-refractivity contribution in [1.82, 2.24) is 4.90 Å². The molecule has 0 N–H and O–H groups in total. The van der Waals surface area contributed by atoms with Crippen molar-refractivity contribution in [3.05, 3.63) is 35.9 Å². The van der Waals surface area contributed by atoms with E-state index >= 15 is 0 Å². The van der Waals surface area contributed by atoms with Gasteiger partial charge in [0.25, 0.3) is 0 Å². The highest BCUT2D eigenvalue weighted by Crippen LogP contribution is 2.44. The predicted octanol–water partition coefficient (Wildman–Crippen LogP) is 4.11. The highest BCUT2D eigenvalue weighted by molar-refractivity contribution is 6.14. The van der Waals surface area contributed by atoms with E-state index in [0.717, 1.165) is 19.3 Å². The van der Waals surface area contributed by atoms with E-state index in [1.165, 1.54) is 17.4 Å². The number of esters is 1. The molecule has 2 fully saturated rings. The molecule has 1 saturated carbocycles. The molecule has 6 nitrogen and oxygen atoms in total. The van der Waals surface area contributed by atoms with Crippen LogP contribution in [0.15, 0.2) is 30.3 Å². The van der Waals surface area contributed by atoms with Gasteiger partial charge in [-0.1, -0.05) is 57.5 Å². The largest absolute Gasteiger partial charge is 0.464 e. The molecule has 4 atom stereocenters. The Morgan fingerprint density at radius 1 is 1.17 bits per heavy atom. The summed E-state index contributed by atoms with van der Waals surface area (Å²) in [6.45, 7) is 9.73. The molecule has 0 radical (unpaired) electrons. The first-order valence-corrected chi connectivity index (χ1v) is 10.9. The van der Waals surface area contributed by atoms with E-state index in [-0.39, 0.29) is 30.6 Å². The number of rotatable bonds is 6. The van der Waals surface area contributed by atoms with Gasteiger partial charge < -0.3 is 9.47 Å². The van der Waals surface area contributed by atoms with Crippen molar-refractivity contribution >= 4 is 17.8 Å². The molecule has 1 aromatic carbocycles. The topological polar surface area (TPSA) is 72.7 Å². The quantitative estimate of drug-likeness (QED) is 0.397. The summed E-state index contributed by atoms with van der Waals surface area (Å²) in [6.07, 6.45) is 1.93. The lowest BCUT2D eigenvalue weighted by molar-refractivity contribution is -0.150. The molecule has 1 amide bonds. The van der Waals surface area contributed by atoms with Crippen molar-refractivity contribution in [3.8, 4) is 0 Å². The number of ketones is 1. The molecule has 0 aromatic heterocycles. The van der Waals surface area contributed by atoms with Gasteiger partial charge in [-0.15, -0.1) is 0 Å². The van der Waals surface area contributed by atoms with E-state index in [2.05, 4.69) is 32.9 Å². The van der Waals surface area contributed by atoms with Crippen LogP contribution in [0, 0.1) is 11.8 Å². The van der Waals surface area contributed by atoms with Gasteiger partial charge in [0.2, 0.25) is 5.54 Å². The monoisotopic (exact) mass is 415 g/mol. The fourth-order valence-electron chi connectivity index (χ4n) is 4.84. The van der Waals surface area contributed by atoms with Gasteiger partial charge in [-0.3, -0.25) is 9.69 Å². The molecule has 164 valence electrons. The van der Waals surface area contributed by atoms with E-state index in [0.29, 0.717) is 5.92 Å². The fourth-order valence-corrected chi connectivity index (χ4v) is 4.84. The van der Waals surface area contributed by atoms with Crippen molar-refractivity contribution in [3.63, 3.8) is 0 Å². The van der Waals surface area contributed by atoms with E-state index in [9.17, 15) is 14.4 Å². The number of benzene rings is 1. The summed E-state index contributed by atoms with van der Waals surface area (Å²) < 4.78 is 11.0. The number of carbonyl (C=O) groups is 3. The summed E-state index contributed by atoms with van der Waals surface area (Å²) in [5, 5.41) is 0. The average Bonchev–Trinajstić information content (AvgIpc) is 3.46. The zero-order chi connectivity index (χ0) is 22.1. The van der Waals surface area contributed by atoms with Gasteiger partial charge in [0.1, 0.15) is 6.10 Å². The van der Waals surface area contributed by atoms with Crippen LogP contribution < -0.4 is 0 Å². The summed E-state index contributed by atoms with van der Waals surface area (Å²) >= 11 is 0. The molecule has 1 aliphatic carbocycles. The van der Waals surface area contributed by atoms with Gasteiger partial charge in [0.15, 0.2) is 5.78 Å². The van der Waals surface area contributed by atoms with Crippen molar-refractivity contribution in [1.29, 1.82) is 0 Å². The summed E-state index contributed by atoms with van der Waals surface area (Å²) in [5.74, 6) is -0.472. The van der Waals surface area contributed by atoms with E-state index in [1.54, 1.807) is 6.92 Å². The minimum Gasteiger partial charge on any atom is -0.464 e. The molecule has 3 rings (SSSR count). The zero-order valence-corrected chi connectivity index (χ0v) is 18.6. The number of Topliss-reactive ketones (excluding diaryl/α,β-unsaturated/α-hetero) is 1. The summed E-state index contributed by atoms with van der Waals surface area (Å²) in [4.78, 5) is 38.7. The second kappa shape index (κ2) is 8.40. The van der Waals surface area contributed by atoms with Crippen LogP contribution in [-0.2, 0) is 24.5 Å². The minimum absolute atomic E-state index is 0.0228. The molecular weight excluding hydrogens is 382 g/mol. The first-order valence-electron chi connectivity index (χ1n) is 10.9. The van der Waals surface area contributed by atoms with Crippen LogP contribution in [0.4, 0.5) is 4.79 Å². The Hall–Kier alpha value is -2.37. The lowest BCUT2D eigenvalue weighted by Crippen LogP contribution is -2.45. The maximum atomic E-state index is 13.0. The number of hydrogen-bond donors (Lipinski definition) is 0. The number of nitrogens with zero attached hydrogens (tertiary/aromatic N) is 1. The molecule has 1 aliphatic heterocycles. The Morgan fingerprint density at radius 2 is 1.83 bits per heavy atom. The third-order valence-electron chi connectivity index (χ3n) is 6.91. The predicted molar refractivity (Wildman–Crippen MR) is 113 cm³/mol. The normalized spacial score (nSPS) is 28.6. The van der Waals surface area contributed by atoms with Crippen LogP contribution in [0.25, 0.3) is 0 Å². The van der Waals surface area contributed by atoms with Crippen LogP contribution in [0.1, 0.15) is 59.4 Å². The molecular formula is C24H33NO5. The molecule has 30 heavy (non-hydrogen) atoms. The molecule has 1 heterocycles. The molecule has 1 aromatic rings. The van der Waals surface area contributed by atoms with Crippen LogP contribution in [-0.4, -0.2) is 47.5 Å². The highest BCUT2D eigenvalue weighted by Gasteiger charge is 2.67. The standard InChI is InChI=1S/C24H33NO5/c1-6-29-21(27)24(17(3)26)15-25(24)22(28)30-20-14-16(2)12-13-19(20)23(4,5)18-10-8-7-9-11-18/h7-11,16,19-20H,6,12-15H2,1-5H3/t16-,19-,20-,24?,25?/m1/s1. The smallest absolute Gasteiger partial charge is 0.411 e. The maximum absolute atomic E-state index is 13.0. The SMILES string of the molecule is CCOC(=O)C1(C(C)=O)CN1C(=O)O[C@@H]1C[C@H](C)CC[C@H]1C(C)(C)c1ccccc1. The first-order chi connectivity index (χ1) is 14.1. The lowest BCUT2D eigenvalue weighted by Gasteiger charge is -2.44. The number of hydrogen-bond acceptors (Lipinski definition) is 5. The van der Waals surface area contributed by atoms with E-state index in [1.807, 2.05) is 18.2 Å². The van der Waals surface area contributed by atoms with Crippen LogP contribution in [0.2, 0.25) is 0 Å². The van der Waals surface area contributed by atoms with Crippen molar-refractivity contribution in [2.45, 2.75) is 70.9 Å². The van der Waals surface area contributed by atoms with Crippen LogP contribution >= 0.6 is 0 Å². The average molecular weight is 416 g/mol. The van der Waals surface area contributed by atoms with Gasteiger partial charge in [0.05, 0.1) is 13.2 Å². The van der Waals surface area contributed by atoms with Crippen molar-refractivity contribution in [2.75, 3.05) is 13.2 Å². The summed E-state index contributed by atoms with van der Waals surface area (Å²) in [6, 6.07) is 10.3. The third kappa shape index (κ3) is 3.96. The zero-order valence-electron chi connectivity index (χ0n) is 18.6. The Bertz CT molecular complexity index is 805. The minimum atomic E-state index is -1.52. The van der Waals surface area contributed by atoms with Crippen molar-refractivity contribution < 1.29 is 23.9 Å². The molecule has 0 spiro atoms. The lowest BCUT2D eigenvalue weighted by atomic mass is 9.64. The molecule has 1 unspecified atom stereocenters. The number of ether oxygens (including phenoxy) is 2. The van der Waals surface area contributed by atoms with Gasteiger partial charge in [-0.25, -0.2) is 9.59 Å². The van der Waals surface area contributed by atoms with Crippen LogP contribution in [0.5, 0.6) is 0 Å². The molecule has 1 saturated heterocycles. The van der Waals surface area contributed by atoms with E-state index in [4.69, 9.17) is 9.47 Å². The second-order valence-electron chi connectivity index (χ2n) is 9.26. The Morgan fingerprint density at radius 3 is 2.43 bits per heavy atom. The Labute approximate surface area is 178 Å². The van der Waals surface area contributed by atoms with Gasteiger partial charge in [-0.2, -0.15) is 0 Å². The second-order valence-corrected chi connectivity index (χ2v) is 9.26. The third-order valence-corrected chi connectivity index (χ3v) is 6.91. The van der Waals surface area contributed by atoms with Crippen molar-refractivity contribution in [2.24, 2.45) is 11.8 Å². The first kappa shape index (κ1) is 22.3. The number of carbonyl (C=O) groups excluding carboxylic acids is 3. The van der Waals surface area contributed by atoms with E-state index < -0.39 is 23.4 Å². The van der Waals surface area contributed by atoms with Crippen LogP contribution in [0.3, 0.4) is 0 Å². The number of amides is 1. The Balaban J connectivity index is 1.78. The van der Waals surface area contributed by atoms with Gasteiger partial charge in [0, 0.05) is 5.92 Å². The maximum Gasteiger partial charge on any atom is 0.411 e. The summed E-state index contributed by atoms with van der Waals surface area (Å²) in [7, 11) is 0. The van der Waals surface area contributed by atoms with Gasteiger partial charge >= 0.3 is 12.1 Å². The van der Waals surface area contributed by atoms with Gasteiger partial charge in [-0.05, 0) is 43.6 Å². The molecule has 6 heteroatoms. The summed E-state index contributed by atoms with van der Waals surface area (Å²) in [5.41, 5.74) is -0.482. The molecule has 2 aliphatic rings. The highest BCUT2D eigenvalue weighted by atomic mass is 16.6. The molecule has 0 bridgehead atoms.